The predicted molar refractivity (Wildman–Crippen MR) is 67.0 cm³/mol. The third-order valence-electron chi connectivity index (χ3n) is 2.47. The molecule has 0 spiro atoms. The SMILES string of the molecule is CCN(CCCl)C(=O)c1cccc(OC)c1O. The standard InChI is InChI=1S/C12H16ClNO3/c1-3-14(8-7-13)12(16)9-5-4-6-10(17-2)11(9)15/h4-6,15H,3,7-8H2,1-2H3. The van der Waals surface area contributed by atoms with Crippen molar-refractivity contribution in [2.24, 2.45) is 0 Å². The van der Waals surface area contributed by atoms with Crippen molar-refractivity contribution in [3.8, 4) is 11.5 Å². The van der Waals surface area contributed by atoms with Gasteiger partial charge in [0.2, 0.25) is 0 Å². The number of para-hydroxylation sites is 1. The molecule has 0 heterocycles. The number of halogens is 1. The minimum atomic E-state index is -0.246. The van der Waals surface area contributed by atoms with Crippen molar-refractivity contribution in [1.82, 2.24) is 4.90 Å². The Balaban J connectivity index is 3.02. The van der Waals surface area contributed by atoms with Crippen LogP contribution in [0, 0.1) is 0 Å². The van der Waals surface area contributed by atoms with Gasteiger partial charge in [-0.05, 0) is 19.1 Å². The quantitative estimate of drug-likeness (QED) is 0.822. The van der Waals surface area contributed by atoms with E-state index in [2.05, 4.69) is 0 Å². The Morgan fingerprint density at radius 2 is 2.24 bits per heavy atom. The molecule has 0 aliphatic rings. The van der Waals surface area contributed by atoms with Crippen molar-refractivity contribution in [2.45, 2.75) is 6.92 Å². The van der Waals surface area contributed by atoms with Crippen LogP contribution in [0.25, 0.3) is 0 Å². The third-order valence-corrected chi connectivity index (χ3v) is 2.64. The lowest BCUT2D eigenvalue weighted by Gasteiger charge is -2.20. The Bertz CT molecular complexity index is 395. The van der Waals surface area contributed by atoms with Gasteiger partial charge < -0.3 is 14.7 Å². The lowest BCUT2D eigenvalue weighted by molar-refractivity contribution is 0.0770. The first kappa shape index (κ1) is 13.6. The molecule has 0 saturated carbocycles. The van der Waals surface area contributed by atoms with Gasteiger partial charge in [0.1, 0.15) is 0 Å². The van der Waals surface area contributed by atoms with Gasteiger partial charge in [0.25, 0.3) is 5.91 Å². The van der Waals surface area contributed by atoms with Crippen LogP contribution in [0.15, 0.2) is 18.2 Å². The lowest BCUT2D eigenvalue weighted by atomic mass is 10.1. The van der Waals surface area contributed by atoms with Gasteiger partial charge in [0.05, 0.1) is 12.7 Å². The monoisotopic (exact) mass is 257 g/mol. The minimum absolute atomic E-state index is 0.131. The van der Waals surface area contributed by atoms with Crippen molar-refractivity contribution in [2.75, 3.05) is 26.1 Å². The smallest absolute Gasteiger partial charge is 0.257 e. The Morgan fingerprint density at radius 1 is 1.53 bits per heavy atom. The first-order valence-corrected chi connectivity index (χ1v) is 5.90. The van der Waals surface area contributed by atoms with Crippen molar-refractivity contribution in [3.05, 3.63) is 23.8 Å². The number of rotatable bonds is 5. The van der Waals surface area contributed by atoms with Gasteiger partial charge >= 0.3 is 0 Å². The molecule has 0 radical (unpaired) electrons. The van der Waals surface area contributed by atoms with Crippen LogP contribution < -0.4 is 4.74 Å². The van der Waals surface area contributed by atoms with E-state index in [4.69, 9.17) is 16.3 Å². The summed E-state index contributed by atoms with van der Waals surface area (Å²) in [5, 5.41) is 9.87. The summed E-state index contributed by atoms with van der Waals surface area (Å²) >= 11 is 5.62. The third kappa shape index (κ3) is 3.03. The highest BCUT2D eigenvalue weighted by Crippen LogP contribution is 2.30. The van der Waals surface area contributed by atoms with Crippen molar-refractivity contribution in [3.63, 3.8) is 0 Å². The van der Waals surface area contributed by atoms with Crippen LogP contribution in [-0.2, 0) is 0 Å². The van der Waals surface area contributed by atoms with Crippen LogP contribution in [0.3, 0.4) is 0 Å². The highest BCUT2D eigenvalue weighted by atomic mass is 35.5. The van der Waals surface area contributed by atoms with Crippen molar-refractivity contribution in [1.29, 1.82) is 0 Å². The molecule has 0 aromatic heterocycles. The largest absolute Gasteiger partial charge is 0.504 e. The normalized spacial score (nSPS) is 10.1. The van der Waals surface area contributed by atoms with E-state index in [1.807, 2.05) is 6.92 Å². The van der Waals surface area contributed by atoms with Crippen LogP contribution in [0.2, 0.25) is 0 Å². The van der Waals surface area contributed by atoms with Crippen molar-refractivity contribution < 1.29 is 14.6 Å². The summed E-state index contributed by atoms with van der Waals surface area (Å²) in [5.41, 5.74) is 0.233. The molecule has 1 aromatic carbocycles. The molecule has 0 aliphatic carbocycles. The number of alkyl halides is 1. The van der Waals surface area contributed by atoms with Crippen LogP contribution in [0.1, 0.15) is 17.3 Å². The highest BCUT2D eigenvalue weighted by molar-refractivity contribution is 6.18. The molecule has 4 nitrogen and oxygen atoms in total. The first-order chi connectivity index (χ1) is 8.15. The number of phenolic OH excluding ortho intramolecular Hbond substituents is 1. The molecule has 1 rings (SSSR count). The summed E-state index contributed by atoms with van der Waals surface area (Å²) in [4.78, 5) is 13.7. The summed E-state index contributed by atoms with van der Waals surface area (Å²) in [6.45, 7) is 2.86. The van der Waals surface area contributed by atoms with Gasteiger partial charge in [-0.15, -0.1) is 11.6 Å². The second kappa shape index (κ2) is 6.35. The zero-order chi connectivity index (χ0) is 12.8. The van der Waals surface area contributed by atoms with E-state index in [0.717, 1.165) is 0 Å². The number of carbonyl (C=O) groups is 1. The van der Waals surface area contributed by atoms with E-state index in [1.165, 1.54) is 7.11 Å². The van der Waals surface area contributed by atoms with Gasteiger partial charge in [-0.25, -0.2) is 0 Å². The van der Waals surface area contributed by atoms with Crippen molar-refractivity contribution >= 4 is 17.5 Å². The topological polar surface area (TPSA) is 49.8 Å². The van der Waals surface area contributed by atoms with E-state index in [9.17, 15) is 9.90 Å². The van der Waals surface area contributed by atoms with E-state index >= 15 is 0 Å². The highest BCUT2D eigenvalue weighted by Gasteiger charge is 2.19. The molecule has 17 heavy (non-hydrogen) atoms. The Labute approximate surface area is 106 Å². The first-order valence-electron chi connectivity index (χ1n) is 5.36. The fourth-order valence-corrected chi connectivity index (χ4v) is 1.74. The maximum atomic E-state index is 12.1. The van der Waals surface area contributed by atoms with Crippen LogP contribution >= 0.6 is 11.6 Å². The summed E-state index contributed by atoms with van der Waals surface area (Å²) in [6.07, 6.45) is 0. The zero-order valence-electron chi connectivity index (χ0n) is 9.94. The Hall–Kier alpha value is -1.42. The van der Waals surface area contributed by atoms with Crippen LogP contribution in [-0.4, -0.2) is 42.0 Å². The molecule has 0 fully saturated rings. The molecule has 5 heteroatoms. The average molecular weight is 258 g/mol. The number of methoxy groups -OCH3 is 1. The van der Waals surface area contributed by atoms with E-state index in [0.29, 0.717) is 19.0 Å². The maximum absolute atomic E-state index is 12.1. The van der Waals surface area contributed by atoms with Gasteiger partial charge in [-0.1, -0.05) is 6.07 Å². The summed E-state index contributed by atoms with van der Waals surface area (Å²) in [6, 6.07) is 4.83. The van der Waals surface area contributed by atoms with Gasteiger partial charge in [-0.3, -0.25) is 4.79 Å². The lowest BCUT2D eigenvalue weighted by Crippen LogP contribution is -2.32. The number of amides is 1. The fourth-order valence-electron chi connectivity index (χ4n) is 1.54. The Kier molecular flexibility index (Phi) is 5.10. The van der Waals surface area contributed by atoms with E-state index in [1.54, 1.807) is 23.1 Å². The molecular formula is C12H16ClNO3. The average Bonchev–Trinajstić information content (AvgIpc) is 2.35. The van der Waals surface area contributed by atoms with E-state index < -0.39 is 0 Å². The number of benzene rings is 1. The van der Waals surface area contributed by atoms with Gasteiger partial charge in [0, 0.05) is 19.0 Å². The second-order valence-corrected chi connectivity index (χ2v) is 3.81. The molecule has 1 amide bonds. The number of nitrogens with zero attached hydrogens (tertiary/aromatic N) is 1. The fraction of sp³-hybridized carbons (Fsp3) is 0.417. The number of carbonyl (C=O) groups excluding carboxylic acids is 1. The molecule has 0 atom stereocenters. The van der Waals surface area contributed by atoms with Gasteiger partial charge in [0.15, 0.2) is 11.5 Å². The zero-order valence-corrected chi connectivity index (χ0v) is 10.7. The molecule has 1 aromatic rings. The summed E-state index contributed by atoms with van der Waals surface area (Å²) in [5.74, 6) is 0.278. The molecule has 94 valence electrons. The summed E-state index contributed by atoms with van der Waals surface area (Å²) in [7, 11) is 1.44. The molecule has 0 saturated heterocycles. The summed E-state index contributed by atoms with van der Waals surface area (Å²) < 4.78 is 4.96. The number of aromatic hydroxyl groups is 1. The minimum Gasteiger partial charge on any atom is -0.504 e. The number of hydrogen-bond acceptors (Lipinski definition) is 3. The number of ether oxygens (including phenoxy) is 1. The number of phenols is 1. The molecule has 0 aliphatic heterocycles. The molecule has 0 bridgehead atoms. The van der Waals surface area contributed by atoms with Crippen LogP contribution in [0.4, 0.5) is 0 Å². The molecule has 1 N–H and O–H groups in total. The Morgan fingerprint density at radius 3 is 2.76 bits per heavy atom. The predicted octanol–water partition coefficient (Wildman–Crippen LogP) is 2.10. The van der Waals surface area contributed by atoms with E-state index in [-0.39, 0.29) is 23.0 Å². The second-order valence-electron chi connectivity index (χ2n) is 3.43. The molecule has 0 unspecified atom stereocenters. The number of hydrogen-bond donors (Lipinski definition) is 1. The maximum Gasteiger partial charge on any atom is 0.257 e. The van der Waals surface area contributed by atoms with Crippen LogP contribution in [0.5, 0.6) is 11.5 Å². The van der Waals surface area contributed by atoms with Gasteiger partial charge in [-0.2, -0.15) is 0 Å². The molecular weight excluding hydrogens is 242 g/mol.